The van der Waals surface area contributed by atoms with Gasteiger partial charge in [-0.05, 0) is 65.1 Å². The number of carbonyl (C=O) groups is 1. The van der Waals surface area contributed by atoms with E-state index >= 15 is 0 Å². The molecule has 1 aromatic heterocycles. The van der Waals surface area contributed by atoms with Crippen LogP contribution in [0.5, 0.6) is 11.5 Å². The average Bonchev–Trinajstić information content (AvgIpc) is 3.21. The zero-order chi connectivity index (χ0) is 27.4. The number of benzene rings is 2. The second-order valence-corrected chi connectivity index (χ2v) is 9.58. The summed E-state index contributed by atoms with van der Waals surface area (Å²) in [5.41, 5.74) is 6.24. The van der Waals surface area contributed by atoms with E-state index in [1.54, 1.807) is 32.7 Å². The van der Waals surface area contributed by atoms with Crippen molar-refractivity contribution in [2.45, 2.75) is 26.0 Å². The van der Waals surface area contributed by atoms with E-state index in [0.717, 1.165) is 39.0 Å². The first kappa shape index (κ1) is 26.4. The number of halogens is 1. The molecular weight excluding hydrogens is 497 g/mol. The fraction of sp³-hybridized carbons (Fsp3) is 0.290. The summed E-state index contributed by atoms with van der Waals surface area (Å²) in [4.78, 5) is 19.2. The third-order valence-corrected chi connectivity index (χ3v) is 7.20. The van der Waals surface area contributed by atoms with Crippen molar-refractivity contribution >= 4 is 17.1 Å². The van der Waals surface area contributed by atoms with Gasteiger partial charge in [0, 0.05) is 43.8 Å². The molecule has 1 aliphatic heterocycles. The molecule has 8 heteroatoms. The quantitative estimate of drug-likeness (QED) is 0.435. The Balaban J connectivity index is 1.40. The number of hydrogen-bond acceptors (Lipinski definition) is 6. The lowest BCUT2D eigenvalue weighted by atomic mass is 10.0. The van der Waals surface area contributed by atoms with Gasteiger partial charge in [-0.1, -0.05) is 18.2 Å². The standard InChI is InChI=1S/C31H32FN3O4/c1-20-24(15-30(36)34-17-21-6-5-11-33-16-21)25-14-22(32)9-10-23(25)26(20)18-35-12-13-39-29(19-35)31-27(37-2)7-4-8-28(31)38-3/h4-11,14,16,18,29H,12-13,15,17,19H2,1-3H3,(H,34,36). The van der Waals surface area contributed by atoms with Gasteiger partial charge in [-0.25, -0.2) is 4.39 Å². The topological polar surface area (TPSA) is 72.9 Å². The molecule has 2 heterocycles. The molecule has 2 aromatic carbocycles. The molecule has 7 nitrogen and oxygen atoms in total. The van der Waals surface area contributed by atoms with Gasteiger partial charge in [-0.15, -0.1) is 0 Å². The second kappa shape index (κ2) is 11.7. The van der Waals surface area contributed by atoms with Crippen molar-refractivity contribution < 1.29 is 23.4 Å². The van der Waals surface area contributed by atoms with Crippen LogP contribution in [0.15, 0.2) is 72.7 Å². The summed E-state index contributed by atoms with van der Waals surface area (Å²) in [5.74, 6) is 0.975. The SMILES string of the molecule is COc1cccc(OC)c1C1CN(C=C2C(C)=C(CC(=O)NCc3cccnc3)c3cc(F)ccc32)CCO1. The molecule has 1 unspecified atom stereocenters. The van der Waals surface area contributed by atoms with Crippen LogP contribution in [0, 0.1) is 5.82 Å². The molecule has 39 heavy (non-hydrogen) atoms. The molecule has 0 bridgehead atoms. The number of nitrogens with one attached hydrogen (secondary N) is 1. The Labute approximate surface area is 227 Å². The number of hydrogen-bond donors (Lipinski definition) is 1. The highest BCUT2D eigenvalue weighted by atomic mass is 19.1. The number of nitrogens with zero attached hydrogens (tertiary/aromatic N) is 2. The summed E-state index contributed by atoms with van der Waals surface area (Å²) in [6.07, 6.45) is 5.43. The molecule has 1 atom stereocenters. The summed E-state index contributed by atoms with van der Waals surface area (Å²) < 4.78 is 31.7. The van der Waals surface area contributed by atoms with E-state index in [-0.39, 0.29) is 24.2 Å². The highest BCUT2D eigenvalue weighted by Gasteiger charge is 2.30. The first-order valence-electron chi connectivity index (χ1n) is 12.9. The molecule has 1 aliphatic carbocycles. The van der Waals surface area contributed by atoms with Crippen LogP contribution < -0.4 is 14.8 Å². The van der Waals surface area contributed by atoms with Gasteiger partial charge < -0.3 is 24.4 Å². The molecule has 0 radical (unpaired) electrons. The van der Waals surface area contributed by atoms with Gasteiger partial charge in [-0.2, -0.15) is 0 Å². The van der Waals surface area contributed by atoms with Crippen molar-refractivity contribution in [3.63, 3.8) is 0 Å². The van der Waals surface area contributed by atoms with E-state index in [1.165, 1.54) is 12.1 Å². The van der Waals surface area contributed by atoms with Gasteiger partial charge in [-0.3, -0.25) is 9.78 Å². The number of aromatic nitrogens is 1. The Bertz CT molecular complexity index is 1400. The number of allylic oxidation sites excluding steroid dienone is 2. The molecule has 5 rings (SSSR count). The maximum Gasteiger partial charge on any atom is 0.224 e. The summed E-state index contributed by atoms with van der Waals surface area (Å²) in [7, 11) is 3.27. The molecular formula is C31H32FN3O4. The molecule has 0 saturated carbocycles. The zero-order valence-electron chi connectivity index (χ0n) is 22.4. The van der Waals surface area contributed by atoms with E-state index in [0.29, 0.717) is 37.7 Å². The lowest BCUT2D eigenvalue weighted by Gasteiger charge is -2.34. The minimum absolute atomic E-state index is 0.126. The van der Waals surface area contributed by atoms with Crippen molar-refractivity contribution in [3.8, 4) is 11.5 Å². The largest absolute Gasteiger partial charge is 0.496 e. The van der Waals surface area contributed by atoms with Gasteiger partial charge in [0.25, 0.3) is 0 Å². The number of amides is 1. The minimum Gasteiger partial charge on any atom is -0.496 e. The smallest absolute Gasteiger partial charge is 0.224 e. The monoisotopic (exact) mass is 529 g/mol. The Morgan fingerprint density at radius 3 is 2.67 bits per heavy atom. The van der Waals surface area contributed by atoms with Crippen LogP contribution in [-0.2, 0) is 16.1 Å². The predicted molar refractivity (Wildman–Crippen MR) is 147 cm³/mol. The maximum atomic E-state index is 14.3. The zero-order valence-corrected chi connectivity index (χ0v) is 22.4. The molecule has 1 N–H and O–H groups in total. The van der Waals surface area contributed by atoms with E-state index < -0.39 is 0 Å². The van der Waals surface area contributed by atoms with E-state index in [2.05, 4.69) is 21.4 Å². The van der Waals surface area contributed by atoms with Crippen molar-refractivity contribution in [2.75, 3.05) is 33.9 Å². The Hall–Kier alpha value is -4.17. The third kappa shape index (κ3) is 5.66. The number of morpholine rings is 1. The lowest BCUT2D eigenvalue weighted by molar-refractivity contribution is -0.120. The normalized spacial score (nSPS) is 17.8. The summed E-state index contributed by atoms with van der Waals surface area (Å²) >= 11 is 0. The maximum absolute atomic E-state index is 14.3. The van der Waals surface area contributed by atoms with Crippen molar-refractivity contribution in [3.05, 3.63) is 101 Å². The number of methoxy groups -OCH3 is 2. The first-order chi connectivity index (χ1) is 19.0. The Morgan fingerprint density at radius 2 is 1.95 bits per heavy atom. The highest BCUT2D eigenvalue weighted by Crippen LogP contribution is 2.44. The minimum atomic E-state index is -0.328. The van der Waals surface area contributed by atoms with Crippen LogP contribution in [0.3, 0.4) is 0 Å². The van der Waals surface area contributed by atoms with Crippen LogP contribution >= 0.6 is 0 Å². The summed E-state index contributed by atoms with van der Waals surface area (Å²) in [5, 5.41) is 2.96. The van der Waals surface area contributed by atoms with Gasteiger partial charge in [0.1, 0.15) is 23.4 Å². The van der Waals surface area contributed by atoms with E-state index in [1.807, 2.05) is 37.3 Å². The lowest BCUT2D eigenvalue weighted by Crippen LogP contribution is -2.35. The Kier molecular flexibility index (Phi) is 7.93. The third-order valence-electron chi connectivity index (χ3n) is 7.20. The van der Waals surface area contributed by atoms with Crippen LogP contribution in [0.1, 0.15) is 41.7 Å². The van der Waals surface area contributed by atoms with Gasteiger partial charge in [0.2, 0.25) is 5.91 Å². The molecule has 2 aliphatic rings. The molecule has 0 spiro atoms. The summed E-state index contributed by atoms with van der Waals surface area (Å²) in [6, 6.07) is 14.2. The number of fused-ring (bicyclic) bond motifs is 1. The predicted octanol–water partition coefficient (Wildman–Crippen LogP) is 5.15. The second-order valence-electron chi connectivity index (χ2n) is 9.58. The van der Waals surface area contributed by atoms with Crippen LogP contribution in [-0.4, -0.2) is 49.7 Å². The van der Waals surface area contributed by atoms with Crippen molar-refractivity contribution in [1.29, 1.82) is 0 Å². The Morgan fingerprint density at radius 1 is 1.15 bits per heavy atom. The fourth-order valence-corrected chi connectivity index (χ4v) is 5.23. The number of pyridine rings is 1. The fourth-order valence-electron chi connectivity index (χ4n) is 5.23. The first-order valence-corrected chi connectivity index (χ1v) is 12.9. The van der Waals surface area contributed by atoms with Gasteiger partial charge in [0.05, 0.1) is 32.8 Å². The van der Waals surface area contributed by atoms with Gasteiger partial charge in [0.15, 0.2) is 0 Å². The van der Waals surface area contributed by atoms with Crippen LogP contribution in [0.4, 0.5) is 4.39 Å². The summed E-state index contributed by atoms with van der Waals surface area (Å²) in [6.45, 7) is 4.19. The van der Waals surface area contributed by atoms with E-state index in [4.69, 9.17) is 14.2 Å². The van der Waals surface area contributed by atoms with Crippen molar-refractivity contribution in [1.82, 2.24) is 15.2 Å². The number of rotatable bonds is 8. The molecule has 1 amide bonds. The molecule has 1 saturated heterocycles. The molecule has 202 valence electrons. The highest BCUT2D eigenvalue weighted by molar-refractivity contribution is 6.04. The average molecular weight is 530 g/mol. The van der Waals surface area contributed by atoms with Crippen molar-refractivity contribution in [2.24, 2.45) is 0 Å². The van der Waals surface area contributed by atoms with Crippen LogP contribution in [0.25, 0.3) is 11.1 Å². The van der Waals surface area contributed by atoms with Gasteiger partial charge >= 0.3 is 0 Å². The van der Waals surface area contributed by atoms with Crippen LogP contribution in [0.2, 0.25) is 0 Å². The molecule has 3 aromatic rings. The molecule has 1 fully saturated rings. The number of ether oxygens (including phenoxy) is 3. The van der Waals surface area contributed by atoms with E-state index in [9.17, 15) is 9.18 Å². The number of carbonyl (C=O) groups excluding carboxylic acids is 1.